The maximum atomic E-state index is 12.7. The van der Waals surface area contributed by atoms with Gasteiger partial charge in [0.05, 0.1) is 0 Å². The largest absolute Gasteiger partial charge is 0.352 e. The highest BCUT2D eigenvalue weighted by Gasteiger charge is 2.04. The Morgan fingerprint density at radius 1 is 1.05 bits per heavy atom. The Balaban J connectivity index is 1.74. The molecule has 0 bridgehead atoms. The van der Waals surface area contributed by atoms with E-state index in [0.717, 1.165) is 22.9 Å². The lowest BCUT2D eigenvalue weighted by atomic mass is 10.1. The number of carbonyl (C=O) groups excluding carboxylic acids is 1. The summed E-state index contributed by atoms with van der Waals surface area (Å²) in [6.45, 7) is 0.603. The van der Waals surface area contributed by atoms with Gasteiger partial charge in [0, 0.05) is 16.6 Å². The summed E-state index contributed by atoms with van der Waals surface area (Å²) in [5.41, 5.74) is 1.72. The predicted octanol–water partition coefficient (Wildman–Crippen LogP) is 3.95. The molecular formula is C16H15BrFNO. The molecule has 0 atom stereocenters. The van der Waals surface area contributed by atoms with Crippen molar-refractivity contribution in [3.63, 3.8) is 0 Å². The third kappa shape index (κ3) is 4.46. The van der Waals surface area contributed by atoms with E-state index in [4.69, 9.17) is 0 Å². The van der Waals surface area contributed by atoms with E-state index in [1.54, 1.807) is 24.3 Å². The molecular weight excluding hydrogens is 321 g/mol. The predicted molar refractivity (Wildman–Crippen MR) is 81.2 cm³/mol. The van der Waals surface area contributed by atoms with Gasteiger partial charge in [0.2, 0.25) is 0 Å². The van der Waals surface area contributed by atoms with Crippen LogP contribution in [-0.2, 0) is 6.42 Å². The average Bonchev–Trinajstić information content (AvgIpc) is 2.46. The number of hydrogen-bond acceptors (Lipinski definition) is 1. The number of rotatable bonds is 5. The van der Waals surface area contributed by atoms with Crippen molar-refractivity contribution in [3.05, 3.63) is 69.9 Å². The fraction of sp³-hybridized carbons (Fsp3) is 0.188. The van der Waals surface area contributed by atoms with Crippen molar-refractivity contribution in [1.29, 1.82) is 0 Å². The SMILES string of the molecule is O=C(NCCCc1ccc(F)cc1)c1ccc(Br)cc1. The van der Waals surface area contributed by atoms with Crippen molar-refractivity contribution in [3.8, 4) is 0 Å². The van der Waals surface area contributed by atoms with Gasteiger partial charge in [0.1, 0.15) is 5.82 Å². The van der Waals surface area contributed by atoms with Crippen LogP contribution in [0.25, 0.3) is 0 Å². The van der Waals surface area contributed by atoms with Crippen LogP contribution in [0.1, 0.15) is 22.3 Å². The highest BCUT2D eigenvalue weighted by molar-refractivity contribution is 9.10. The van der Waals surface area contributed by atoms with Gasteiger partial charge in [-0.25, -0.2) is 4.39 Å². The van der Waals surface area contributed by atoms with Gasteiger partial charge < -0.3 is 5.32 Å². The van der Waals surface area contributed by atoms with Gasteiger partial charge in [-0.2, -0.15) is 0 Å². The normalized spacial score (nSPS) is 10.3. The fourth-order valence-corrected chi connectivity index (χ4v) is 2.11. The number of benzene rings is 2. The monoisotopic (exact) mass is 335 g/mol. The number of carbonyl (C=O) groups is 1. The highest BCUT2D eigenvalue weighted by atomic mass is 79.9. The Labute approximate surface area is 126 Å². The van der Waals surface area contributed by atoms with Crippen molar-refractivity contribution < 1.29 is 9.18 Å². The van der Waals surface area contributed by atoms with Crippen LogP contribution in [-0.4, -0.2) is 12.5 Å². The molecule has 0 radical (unpaired) electrons. The number of aryl methyl sites for hydroxylation is 1. The van der Waals surface area contributed by atoms with E-state index in [9.17, 15) is 9.18 Å². The van der Waals surface area contributed by atoms with Crippen LogP contribution >= 0.6 is 15.9 Å². The standard InChI is InChI=1S/C16H15BrFNO/c17-14-7-5-13(6-8-14)16(20)19-11-1-2-12-3-9-15(18)10-4-12/h3-10H,1-2,11H2,(H,19,20). The summed E-state index contributed by atoms with van der Waals surface area (Å²) >= 11 is 3.33. The summed E-state index contributed by atoms with van der Waals surface area (Å²) < 4.78 is 13.7. The van der Waals surface area contributed by atoms with Gasteiger partial charge in [-0.1, -0.05) is 28.1 Å². The number of halogens is 2. The van der Waals surface area contributed by atoms with Gasteiger partial charge in [0.15, 0.2) is 0 Å². The first-order valence-electron chi connectivity index (χ1n) is 6.43. The maximum Gasteiger partial charge on any atom is 0.251 e. The van der Waals surface area contributed by atoms with Crippen molar-refractivity contribution in [2.45, 2.75) is 12.8 Å². The van der Waals surface area contributed by atoms with Crippen LogP contribution in [0.3, 0.4) is 0 Å². The van der Waals surface area contributed by atoms with E-state index in [-0.39, 0.29) is 11.7 Å². The second-order valence-electron chi connectivity index (χ2n) is 4.49. The molecule has 1 amide bonds. The lowest BCUT2D eigenvalue weighted by molar-refractivity contribution is 0.0953. The molecule has 2 aromatic rings. The molecule has 0 fully saturated rings. The maximum absolute atomic E-state index is 12.7. The van der Waals surface area contributed by atoms with Crippen molar-refractivity contribution in [2.75, 3.05) is 6.54 Å². The van der Waals surface area contributed by atoms with Gasteiger partial charge in [-0.3, -0.25) is 4.79 Å². The van der Waals surface area contributed by atoms with Gasteiger partial charge in [-0.15, -0.1) is 0 Å². The lowest BCUT2D eigenvalue weighted by Gasteiger charge is -2.05. The Morgan fingerprint density at radius 3 is 2.35 bits per heavy atom. The summed E-state index contributed by atoms with van der Waals surface area (Å²) in [5, 5.41) is 2.87. The Bertz CT molecular complexity index is 566. The molecule has 0 spiro atoms. The van der Waals surface area contributed by atoms with E-state index in [0.29, 0.717) is 12.1 Å². The molecule has 0 aliphatic heterocycles. The molecule has 104 valence electrons. The molecule has 0 aliphatic carbocycles. The smallest absolute Gasteiger partial charge is 0.251 e. The second-order valence-corrected chi connectivity index (χ2v) is 5.41. The van der Waals surface area contributed by atoms with Gasteiger partial charge in [-0.05, 0) is 54.8 Å². The van der Waals surface area contributed by atoms with Crippen LogP contribution in [0.15, 0.2) is 53.0 Å². The Morgan fingerprint density at radius 2 is 1.70 bits per heavy atom. The minimum Gasteiger partial charge on any atom is -0.352 e. The third-order valence-corrected chi connectivity index (χ3v) is 3.48. The van der Waals surface area contributed by atoms with Crippen molar-refractivity contribution >= 4 is 21.8 Å². The Hall–Kier alpha value is -1.68. The minimum atomic E-state index is -0.225. The van der Waals surface area contributed by atoms with Crippen LogP contribution in [0.2, 0.25) is 0 Å². The average molecular weight is 336 g/mol. The molecule has 2 nitrogen and oxygen atoms in total. The third-order valence-electron chi connectivity index (χ3n) is 2.95. The van der Waals surface area contributed by atoms with E-state index in [1.807, 2.05) is 12.1 Å². The molecule has 0 saturated carbocycles. The molecule has 0 heterocycles. The van der Waals surface area contributed by atoms with Crippen molar-refractivity contribution in [1.82, 2.24) is 5.32 Å². The van der Waals surface area contributed by atoms with Crippen molar-refractivity contribution in [2.24, 2.45) is 0 Å². The van der Waals surface area contributed by atoms with E-state index >= 15 is 0 Å². The quantitative estimate of drug-likeness (QED) is 0.823. The van der Waals surface area contributed by atoms with Gasteiger partial charge >= 0.3 is 0 Å². The molecule has 1 N–H and O–H groups in total. The summed E-state index contributed by atoms with van der Waals surface area (Å²) in [5.74, 6) is -0.297. The second kappa shape index (κ2) is 7.20. The first-order chi connectivity index (χ1) is 9.65. The van der Waals surface area contributed by atoms with Gasteiger partial charge in [0.25, 0.3) is 5.91 Å². The molecule has 20 heavy (non-hydrogen) atoms. The molecule has 0 aromatic heterocycles. The molecule has 0 saturated heterocycles. The number of amides is 1. The zero-order valence-corrected chi connectivity index (χ0v) is 12.5. The summed E-state index contributed by atoms with van der Waals surface area (Å²) in [6, 6.07) is 13.7. The Kier molecular flexibility index (Phi) is 5.30. The van der Waals surface area contributed by atoms with E-state index in [1.165, 1.54) is 12.1 Å². The number of hydrogen-bond donors (Lipinski definition) is 1. The topological polar surface area (TPSA) is 29.1 Å². The summed E-state index contributed by atoms with van der Waals surface area (Å²) in [6.07, 6.45) is 1.65. The zero-order valence-electron chi connectivity index (χ0n) is 10.9. The van der Waals surface area contributed by atoms with E-state index < -0.39 is 0 Å². The fourth-order valence-electron chi connectivity index (χ4n) is 1.85. The molecule has 2 aromatic carbocycles. The molecule has 4 heteroatoms. The summed E-state index contributed by atoms with van der Waals surface area (Å²) in [7, 11) is 0. The minimum absolute atomic E-state index is 0.0726. The zero-order chi connectivity index (χ0) is 14.4. The lowest BCUT2D eigenvalue weighted by Crippen LogP contribution is -2.24. The van der Waals surface area contributed by atoms with E-state index in [2.05, 4.69) is 21.2 Å². The van der Waals surface area contributed by atoms with Crippen LogP contribution in [0, 0.1) is 5.82 Å². The molecule has 2 rings (SSSR count). The van der Waals surface area contributed by atoms with Crippen LogP contribution < -0.4 is 5.32 Å². The van der Waals surface area contributed by atoms with Crippen LogP contribution in [0.4, 0.5) is 4.39 Å². The summed E-state index contributed by atoms with van der Waals surface area (Å²) in [4.78, 5) is 11.8. The first kappa shape index (κ1) is 14.7. The molecule has 0 aliphatic rings. The highest BCUT2D eigenvalue weighted by Crippen LogP contribution is 2.10. The van der Waals surface area contributed by atoms with Crippen LogP contribution in [0.5, 0.6) is 0 Å². The molecule has 0 unspecified atom stereocenters. The first-order valence-corrected chi connectivity index (χ1v) is 7.22. The number of nitrogens with one attached hydrogen (secondary N) is 1.